The highest BCUT2D eigenvalue weighted by Crippen LogP contribution is 2.28. The Kier molecular flexibility index (Phi) is 4.77. The highest BCUT2D eigenvalue weighted by Gasteiger charge is 2.39. The Bertz CT molecular complexity index is 616. The van der Waals surface area contributed by atoms with Crippen LogP contribution in [0.2, 0.25) is 0 Å². The SMILES string of the molecule is O=S(=O)(Cc1cccc(F)c1)N1CCCCC1C1OCCO1. The molecule has 7 heteroatoms. The first-order valence-electron chi connectivity index (χ1n) is 7.53. The fourth-order valence-electron chi connectivity index (χ4n) is 3.07. The van der Waals surface area contributed by atoms with Crippen molar-refractivity contribution in [3.8, 4) is 0 Å². The lowest BCUT2D eigenvalue weighted by atomic mass is 10.0. The Morgan fingerprint density at radius 3 is 2.73 bits per heavy atom. The molecule has 0 N–H and O–H groups in total. The summed E-state index contributed by atoms with van der Waals surface area (Å²) in [6.45, 7) is 1.46. The minimum atomic E-state index is -3.53. The van der Waals surface area contributed by atoms with Crippen LogP contribution in [0.15, 0.2) is 24.3 Å². The molecule has 2 fully saturated rings. The summed E-state index contributed by atoms with van der Waals surface area (Å²) in [6, 6.07) is 5.44. The summed E-state index contributed by atoms with van der Waals surface area (Å²) in [5.41, 5.74) is 0.456. The molecule has 2 aliphatic rings. The van der Waals surface area contributed by atoms with E-state index in [0.29, 0.717) is 25.3 Å². The fraction of sp³-hybridized carbons (Fsp3) is 0.600. The Morgan fingerprint density at radius 1 is 1.23 bits per heavy atom. The zero-order valence-corrected chi connectivity index (χ0v) is 13.1. The Labute approximate surface area is 130 Å². The molecule has 0 aliphatic carbocycles. The first kappa shape index (κ1) is 15.9. The molecule has 0 saturated carbocycles. The Balaban J connectivity index is 1.79. The third kappa shape index (κ3) is 3.48. The number of hydrogen-bond donors (Lipinski definition) is 0. The molecule has 1 aromatic rings. The van der Waals surface area contributed by atoms with E-state index in [0.717, 1.165) is 19.3 Å². The lowest BCUT2D eigenvalue weighted by Gasteiger charge is -2.36. The number of benzene rings is 1. The van der Waals surface area contributed by atoms with Crippen LogP contribution in [0.4, 0.5) is 4.39 Å². The average molecular weight is 329 g/mol. The Hall–Kier alpha value is -1.02. The molecular weight excluding hydrogens is 309 g/mol. The zero-order chi connectivity index (χ0) is 15.6. The van der Waals surface area contributed by atoms with Crippen molar-refractivity contribution in [2.24, 2.45) is 0 Å². The van der Waals surface area contributed by atoms with Crippen LogP contribution >= 0.6 is 0 Å². The summed E-state index contributed by atoms with van der Waals surface area (Å²) in [4.78, 5) is 0. The second-order valence-electron chi connectivity index (χ2n) is 5.67. The number of halogens is 1. The monoisotopic (exact) mass is 329 g/mol. The van der Waals surface area contributed by atoms with Crippen molar-refractivity contribution in [3.63, 3.8) is 0 Å². The number of ether oxygens (including phenoxy) is 2. The van der Waals surface area contributed by atoms with Crippen LogP contribution in [0.5, 0.6) is 0 Å². The van der Waals surface area contributed by atoms with Crippen LogP contribution in [0, 0.1) is 5.82 Å². The van der Waals surface area contributed by atoms with Gasteiger partial charge in [0.05, 0.1) is 25.0 Å². The second kappa shape index (κ2) is 6.62. The summed E-state index contributed by atoms with van der Waals surface area (Å²) >= 11 is 0. The van der Waals surface area contributed by atoms with Crippen molar-refractivity contribution < 1.29 is 22.3 Å². The van der Waals surface area contributed by atoms with Crippen LogP contribution in [0.1, 0.15) is 24.8 Å². The molecule has 2 heterocycles. The quantitative estimate of drug-likeness (QED) is 0.846. The molecule has 0 spiro atoms. The minimum absolute atomic E-state index is 0.200. The van der Waals surface area contributed by atoms with Crippen molar-refractivity contribution >= 4 is 10.0 Å². The van der Waals surface area contributed by atoms with Crippen molar-refractivity contribution in [2.75, 3.05) is 19.8 Å². The zero-order valence-electron chi connectivity index (χ0n) is 12.3. The van der Waals surface area contributed by atoms with Gasteiger partial charge in [-0.1, -0.05) is 18.6 Å². The summed E-state index contributed by atoms with van der Waals surface area (Å²) in [7, 11) is -3.53. The highest BCUT2D eigenvalue weighted by molar-refractivity contribution is 7.88. The first-order chi connectivity index (χ1) is 10.6. The van der Waals surface area contributed by atoms with E-state index in [-0.39, 0.29) is 11.8 Å². The maximum absolute atomic E-state index is 13.3. The van der Waals surface area contributed by atoms with E-state index in [4.69, 9.17) is 9.47 Å². The number of sulfonamides is 1. The van der Waals surface area contributed by atoms with E-state index in [1.807, 2.05) is 0 Å². The molecule has 22 heavy (non-hydrogen) atoms. The first-order valence-corrected chi connectivity index (χ1v) is 9.14. The predicted octanol–water partition coefficient (Wildman–Crippen LogP) is 1.88. The van der Waals surface area contributed by atoms with Crippen molar-refractivity contribution in [1.82, 2.24) is 4.31 Å². The van der Waals surface area contributed by atoms with Crippen LogP contribution in [-0.4, -0.2) is 44.8 Å². The summed E-state index contributed by atoms with van der Waals surface area (Å²) in [5, 5.41) is 0. The summed E-state index contributed by atoms with van der Waals surface area (Å²) in [5.74, 6) is -0.626. The molecule has 1 aromatic carbocycles. The van der Waals surface area contributed by atoms with Gasteiger partial charge >= 0.3 is 0 Å². The highest BCUT2D eigenvalue weighted by atomic mass is 32.2. The average Bonchev–Trinajstić information content (AvgIpc) is 3.01. The minimum Gasteiger partial charge on any atom is -0.349 e. The van der Waals surface area contributed by atoms with Crippen molar-refractivity contribution in [1.29, 1.82) is 0 Å². The van der Waals surface area contributed by atoms with Gasteiger partial charge in [0.1, 0.15) is 5.82 Å². The topological polar surface area (TPSA) is 55.8 Å². The van der Waals surface area contributed by atoms with Crippen molar-refractivity contribution in [3.05, 3.63) is 35.6 Å². The van der Waals surface area contributed by atoms with E-state index in [9.17, 15) is 12.8 Å². The maximum atomic E-state index is 13.3. The van der Waals surface area contributed by atoms with Gasteiger partial charge in [0.15, 0.2) is 6.29 Å². The van der Waals surface area contributed by atoms with Gasteiger partial charge in [-0.15, -0.1) is 0 Å². The van der Waals surface area contributed by atoms with Gasteiger partial charge in [0.25, 0.3) is 0 Å². The molecule has 5 nitrogen and oxygen atoms in total. The van der Waals surface area contributed by atoms with Crippen molar-refractivity contribution in [2.45, 2.75) is 37.3 Å². The van der Waals surface area contributed by atoms with Crippen LogP contribution in [-0.2, 0) is 25.2 Å². The normalized spacial score (nSPS) is 24.7. The molecule has 0 amide bonds. The molecule has 2 saturated heterocycles. The summed E-state index contributed by atoms with van der Waals surface area (Å²) < 4.78 is 51.2. The van der Waals surface area contributed by atoms with E-state index < -0.39 is 22.1 Å². The lowest BCUT2D eigenvalue weighted by Crippen LogP contribution is -2.50. The van der Waals surface area contributed by atoms with Crippen LogP contribution < -0.4 is 0 Å². The molecule has 2 aliphatic heterocycles. The molecule has 122 valence electrons. The second-order valence-corrected chi connectivity index (χ2v) is 7.59. The standard InChI is InChI=1S/C15H20FNO4S/c16-13-5-3-4-12(10-13)11-22(18,19)17-7-2-1-6-14(17)15-20-8-9-21-15/h3-5,10,14-15H,1-2,6-9,11H2. The van der Waals surface area contributed by atoms with Crippen LogP contribution in [0.3, 0.4) is 0 Å². The largest absolute Gasteiger partial charge is 0.349 e. The molecule has 0 bridgehead atoms. The molecule has 3 rings (SSSR count). The van der Waals surface area contributed by atoms with Gasteiger partial charge in [-0.3, -0.25) is 0 Å². The van der Waals surface area contributed by atoms with Gasteiger partial charge in [0, 0.05) is 6.54 Å². The van der Waals surface area contributed by atoms with Gasteiger partial charge in [-0.2, -0.15) is 4.31 Å². The molecular formula is C15H20FNO4S. The van der Waals surface area contributed by atoms with Gasteiger partial charge in [-0.05, 0) is 30.5 Å². The third-order valence-corrected chi connectivity index (χ3v) is 5.92. The lowest BCUT2D eigenvalue weighted by molar-refractivity contribution is -0.0913. The van der Waals surface area contributed by atoms with E-state index in [1.165, 1.54) is 22.5 Å². The molecule has 0 radical (unpaired) electrons. The van der Waals surface area contributed by atoms with Gasteiger partial charge in [-0.25, -0.2) is 12.8 Å². The maximum Gasteiger partial charge on any atom is 0.218 e. The number of rotatable bonds is 4. The van der Waals surface area contributed by atoms with E-state index in [2.05, 4.69) is 0 Å². The number of piperidine rings is 1. The number of nitrogens with zero attached hydrogens (tertiary/aromatic N) is 1. The number of hydrogen-bond acceptors (Lipinski definition) is 4. The molecule has 1 unspecified atom stereocenters. The van der Waals surface area contributed by atoms with Crippen LogP contribution in [0.25, 0.3) is 0 Å². The smallest absolute Gasteiger partial charge is 0.218 e. The fourth-order valence-corrected chi connectivity index (χ4v) is 4.86. The molecule has 1 atom stereocenters. The Morgan fingerprint density at radius 2 is 2.00 bits per heavy atom. The molecule has 0 aromatic heterocycles. The summed E-state index contributed by atoms with van der Waals surface area (Å²) in [6.07, 6.45) is 2.03. The van der Waals surface area contributed by atoms with Gasteiger partial charge < -0.3 is 9.47 Å². The van der Waals surface area contributed by atoms with E-state index >= 15 is 0 Å². The predicted molar refractivity (Wildman–Crippen MR) is 79.1 cm³/mol. The third-order valence-electron chi connectivity index (χ3n) is 4.06. The van der Waals surface area contributed by atoms with Gasteiger partial charge in [0.2, 0.25) is 10.0 Å². The van der Waals surface area contributed by atoms with E-state index in [1.54, 1.807) is 6.07 Å².